The first-order valence-corrected chi connectivity index (χ1v) is 4.88. The number of benzene rings is 1. The average Bonchev–Trinajstić information content (AvgIpc) is 2.80. The molecular weight excluding hydrogens is 176 g/mol. The minimum absolute atomic E-state index is 0.266. The average molecular weight is 190 g/mol. The number of aliphatic carboxylic acids is 1. The summed E-state index contributed by atoms with van der Waals surface area (Å²) in [6.45, 7) is 4.00. The van der Waals surface area contributed by atoms with Gasteiger partial charge >= 0.3 is 5.97 Å². The van der Waals surface area contributed by atoms with E-state index in [1.807, 2.05) is 38.1 Å². The van der Waals surface area contributed by atoms with Gasteiger partial charge in [0.05, 0.1) is 5.41 Å². The third kappa shape index (κ3) is 1.14. The summed E-state index contributed by atoms with van der Waals surface area (Å²) in [5.41, 5.74) is 1.53. The van der Waals surface area contributed by atoms with E-state index in [1.165, 1.54) is 5.56 Å². The normalized spacial score (nSPS) is 30.0. The largest absolute Gasteiger partial charge is 0.481 e. The molecule has 1 aromatic carbocycles. The molecule has 1 N–H and O–H groups in total. The Morgan fingerprint density at radius 3 is 2.29 bits per heavy atom. The zero-order valence-electron chi connectivity index (χ0n) is 8.45. The van der Waals surface area contributed by atoms with Crippen molar-refractivity contribution in [1.82, 2.24) is 0 Å². The van der Waals surface area contributed by atoms with Crippen molar-refractivity contribution >= 4 is 5.97 Å². The fourth-order valence-corrected chi connectivity index (χ4v) is 2.10. The molecule has 0 aromatic heterocycles. The van der Waals surface area contributed by atoms with Crippen molar-refractivity contribution in [3.05, 3.63) is 35.4 Å². The van der Waals surface area contributed by atoms with Gasteiger partial charge in [-0.3, -0.25) is 4.79 Å². The smallest absolute Gasteiger partial charge is 0.314 e. The molecule has 1 aliphatic carbocycles. The fraction of sp³-hybridized carbons (Fsp3) is 0.417. The van der Waals surface area contributed by atoms with Crippen molar-refractivity contribution in [2.24, 2.45) is 5.92 Å². The molecule has 0 amide bonds. The van der Waals surface area contributed by atoms with E-state index in [4.69, 9.17) is 0 Å². The van der Waals surface area contributed by atoms with Crippen LogP contribution in [-0.2, 0) is 10.2 Å². The Morgan fingerprint density at radius 1 is 1.43 bits per heavy atom. The van der Waals surface area contributed by atoms with E-state index >= 15 is 0 Å². The van der Waals surface area contributed by atoms with Gasteiger partial charge in [-0.15, -0.1) is 0 Å². The van der Waals surface area contributed by atoms with Crippen molar-refractivity contribution in [3.63, 3.8) is 0 Å². The summed E-state index contributed by atoms with van der Waals surface area (Å²) < 4.78 is 0. The molecule has 1 saturated carbocycles. The van der Waals surface area contributed by atoms with Gasteiger partial charge in [0.1, 0.15) is 0 Å². The first-order chi connectivity index (χ1) is 6.57. The summed E-state index contributed by atoms with van der Waals surface area (Å²) in [6, 6.07) is 7.83. The Kier molecular flexibility index (Phi) is 1.88. The molecule has 74 valence electrons. The van der Waals surface area contributed by atoms with Gasteiger partial charge in [-0.25, -0.2) is 0 Å². The van der Waals surface area contributed by atoms with Gasteiger partial charge in [0.15, 0.2) is 0 Å². The van der Waals surface area contributed by atoms with E-state index in [-0.39, 0.29) is 5.92 Å². The number of hydrogen-bond donors (Lipinski definition) is 1. The van der Waals surface area contributed by atoms with Crippen LogP contribution >= 0.6 is 0 Å². The molecule has 14 heavy (non-hydrogen) atoms. The van der Waals surface area contributed by atoms with Gasteiger partial charge in [-0.1, -0.05) is 36.8 Å². The highest BCUT2D eigenvalue weighted by molar-refractivity contribution is 5.85. The number of carboxylic acids is 1. The Labute approximate surface area is 83.6 Å². The molecule has 0 bridgehead atoms. The van der Waals surface area contributed by atoms with Crippen LogP contribution in [0.25, 0.3) is 0 Å². The third-order valence-corrected chi connectivity index (χ3v) is 3.26. The van der Waals surface area contributed by atoms with E-state index < -0.39 is 11.4 Å². The first kappa shape index (κ1) is 9.25. The molecule has 2 nitrogen and oxygen atoms in total. The van der Waals surface area contributed by atoms with E-state index in [1.54, 1.807) is 0 Å². The molecule has 1 aromatic rings. The topological polar surface area (TPSA) is 37.3 Å². The molecule has 2 unspecified atom stereocenters. The summed E-state index contributed by atoms with van der Waals surface area (Å²) in [6.07, 6.45) is 0.769. The highest BCUT2D eigenvalue weighted by atomic mass is 16.4. The van der Waals surface area contributed by atoms with Crippen molar-refractivity contribution in [1.29, 1.82) is 0 Å². The lowest BCUT2D eigenvalue weighted by molar-refractivity contribution is -0.140. The number of carbonyl (C=O) groups is 1. The van der Waals surface area contributed by atoms with Crippen LogP contribution in [0.2, 0.25) is 0 Å². The maximum absolute atomic E-state index is 11.2. The Morgan fingerprint density at radius 2 is 1.93 bits per heavy atom. The minimum atomic E-state index is -0.686. The standard InChI is InChI=1S/C12H14O2/c1-8-3-5-10(6-4-8)12(11(13)14)7-9(12)2/h3-6,9H,7H2,1-2H3,(H,13,14). The van der Waals surface area contributed by atoms with Crippen LogP contribution in [0.5, 0.6) is 0 Å². The molecule has 2 heteroatoms. The minimum Gasteiger partial charge on any atom is -0.481 e. The molecule has 0 saturated heterocycles. The summed E-state index contributed by atoms with van der Waals surface area (Å²) in [5, 5.41) is 9.20. The van der Waals surface area contributed by atoms with Crippen LogP contribution in [0.4, 0.5) is 0 Å². The van der Waals surface area contributed by atoms with E-state index in [0.29, 0.717) is 0 Å². The predicted octanol–water partition coefficient (Wildman–Crippen LogP) is 2.36. The fourth-order valence-electron chi connectivity index (χ4n) is 2.10. The second-order valence-corrected chi connectivity index (χ2v) is 4.25. The first-order valence-electron chi connectivity index (χ1n) is 4.88. The van der Waals surface area contributed by atoms with E-state index in [2.05, 4.69) is 0 Å². The SMILES string of the molecule is Cc1ccc(C2(C(=O)O)CC2C)cc1. The maximum Gasteiger partial charge on any atom is 0.314 e. The van der Waals surface area contributed by atoms with Gasteiger partial charge in [0.25, 0.3) is 0 Å². The zero-order chi connectivity index (χ0) is 10.3. The van der Waals surface area contributed by atoms with E-state index in [9.17, 15) is 9.90 Å². The zero-order valence-corrected chi connectivity index (χ0v) is 8.45. The molecule has 1 fully saturated rings. The summed E-state index contributed by atoms with van der Waals surface area (Å²) in [5.74, 6) is -0.420. The van der Waals surface area contributed by atoms with Crippen LogP contribution in [0.3, 0.4) is 0 Å². The van der Waals surface area contributed by atoms with Crippen LogP contribution in [0.1, 0.15) is 24.5 Å². The molecule has 1 aliphatic rings. The number of aryl methyl sites for hydroxylation is 1. The highest BCUT2D eigenvalue weighted by Gasteiger charge is 2.58. The summed E-state index contributed by atoms with van der Waals surface area (Å²) in [4.78, 5) is 11.2. The lowest BCUT2D eigenvalue weighted by Gasteiger charge is -2.11. The molecule has 2 atom stereocenters. The van der Waals surface area contributed by atoms with Gasteiger partial charge < -0.3 is 5.11 Å². The molecule has 0 aliphatic heterocycles. The van der Waals surface area contributed by atoms with Crippen LogP contribution in [0.15, 0.2) is 24.3 Å². The van der Waals surface area contributed by atoms with Crippen LogP contribution < -0.4 is 0 Å². The Hall–Kier alpha value is -1.31. The third-order valence-electron chi connectivity index (χ3n) is 3.26. The van der Waals surface area contributed by atoms with Gasteiger partial charge in [-0.2, -0.15) is 0 Å². The highest BCUT2D eigenvalue weighted by Crippen LogP contribution is 2.54. The second-order valence-electron chi connectivity index (χ2n) is 4.25. The van der Waals surface area contributed by atoms with Gasteiger partial charge in [0.2, 0.25) is 0 Å². The number of hydrogen-bond acceptors (Lipinski definition) is 1. The number of rotatable bonds is 2. The Balaban J connectivity index is 2.39. The van der Waals surface area contributed by atoms with Crippen molar-refractivity contribution in [2.45, 2.75) is 25.7 Å². The van der Waals surface area contributed by atoms with Gasteiger partial charge in [0, 0.05) is 0 Å². The quantitative estimate of drug-likeness (QED) is 0.777. The molecule has 2 rings (SSSR count). The number of carboxylic acid groups (broad SMARTS) is 1. The second kappa shape index (κ2) is 2.84. The maximum atomic E-state index is 11.2. The Bertz CT molecular complexity index is 366. The summed E-state index contributed by atoms with van der Waals surface area (Å²) in [7, 11) is 0. The van der Waals surface area contributed by atoms with Crippen molar-refractivity contribution in [2.75, 3.05) is 0 Å². The lowest BCUT2D eigenvalue weighted by atomic mass is 9.93. The van der Waals surface area contributed by atoms with Gasteiger partial charge in [-0.05, 0) is 24.8 Å². The summed E-state index contributed by atoms with van der Waals surface area (Å²) >= 11 is 0. The van der Waals surface area contributed by atoms with Crippen molar-refractivity contribution in [3.8, 4) is 0 Å². The molecule has 0 heterocycles. The molecule has 0 radical (unpaired) electrons. The molecular formula is C12H14O2. The predicted molar refractivity (Wildman–Crippen MR) is 54.3 cm³/mol. The van der Waals surface area contributed by atoms with Crippen LogP contribution in [0, 0.1) is 12.8 Å². The monoisotopic (exact) mass is 190 g/mol. The molecule has 0 spiro atoms. The lowest BCUT2D eigenvalue weighted by Crippen LogP contribution is -2.21. The van der Waals surface area contributed by atoms with Crippen molar-refractivity contribution < 1.29 is 9.90 Å². The van der Waals surface area contributed by atoms with Crippen LogP contribution in [-0.4, -0.2) is 11.1 Å². The van der Waals surface area contributed by atoms with E-state index in [0.717, 1.165) is 12.0 Å².